The Labute approximate surface area is 152 Å². The van der Waals surface area contributed by atoms with E-state index in [4.69, 9.17) is 9.47 Å². The van der Waals surface area contributed by atoms with Gasteiger partial charge in [0.25, 0.3) is 5.91 Å². The summed E-state index contributed by atoms with van der Waals surface area (Å²) in [6, 6.07) is 5.20. The molecule has 0 fully saturated rings. The number of hydrogen-bond donors (Lipinski definition) is 1. The number of methoxy groups -OCH3 is 2. The van der Waals surface area contributed by atoms with E-state index in [9.17, 15) is 4.79 Å². The third-order valence-corrected chi connectivity index (χ3v) is 5.87. The van der Waals surface area contributed by atoms with Crippen molar-refractivity contribution in [2.45, 2.75) is 39.5 Å². The molecule has 0 saturated heterocycles. The number of rotatable bonds is 7. The molecule has 1 heterocycles. The molecule has 1 N–H and O–H groups in total. The molecule has 1 aromatic heterocycles. The van der Waals surface area contributed by atoms with Gasteiger partial charge in [-0.25, -0.2) is 0 Å². The minimum absolute atomic E-state index is 0.0997. The van der Waals surface area contributed by atoms with Crippen LogP contribution in [0.4, 0.5) is 5.13 Å². The maximum Gasteiger partial charge on any atom is 0.265 e. The average molecular weight is 363 g/mol. The molecule has 2 aromatic rings. The fourth-order valence-corrected chi connectivity index (χ4v) is 3.44. The number of ether oxygens (including phenoxy) is 2. The molecular weight excluding hydrogens is 338 g/mol. The van der Waals surface area contributed by atoms with Crippen molar-refractivity contribution in [1.29, 1.82) is 0 Å². The van der Waals surface area contributed by atoms with Gasteiger partial charge in [0.05, 0.1) is 14.2 Å². The van der Waals surface area contributed by atoms with Gasteiger partial charge in [-0.1, -0.05) is 51.5 Å². The van der Waals surface area contributed by atoms with Gasteiger partial charge in [-0.3, -0.25) is 10.1 Å². The molecule has 1 amide bonds. The summed E-state index contributed by atoms with van der Waals surface area (Å²) in [6.45, 7) is 8.65. The van der Waals surface area contributed by atoms with E-state index in [1.165, 1.54) is 25.6 Å². The Morgan fingerprint density at radius 2 is 1.84 bits per heavy atom. The van der Waals surface area contributed by atoms with Gasteiger partial charge in [-0.05, 0) is 18.1 Å². The summed E-state index contributed by atoms with van der Waals surface area (Å²) in [5.74, 6) is 1.01. The molecule has 1 aromatic carbocycles. The molecule has 1 unspecified atom stereocenters. The lowest BCUT2D eigenvalue weighted by Crippen LogP contribution is -2.25. The van der Waals surface area contributed by atoms with Crippen molar-refractivity contribution in [2.75, 3.05) is 19.5 Å². The first kappa shape index (κ1) is 19.2. The van der Waals surface area contributed by atoms with Gasteiger partial charge >= 0.3 is 0 Å². The number of amides is 1. The van der Waals surface area contributed by atoms with Gasteiger partial charge < -0.3 is 9.47 Å². The molecule has 25 heavy (non-hydrogen) atoms. The Kier molecular flexibility index (Phi) is 6.00. The average Bonchev–Trinajstić information content (AvgIpc) is 3.09. The monoisotopic (exact) mass is 363 g/mol. The van der Waals surface area contributed by atoms with E-state index in [-0.39, 0.29) is 11.3 Å². The summed E-state index contributed by atoms with van der Waals surface area (Å²) in [5.41, 5.74) is 0.239. The van der Waals surface area contributed by atoms with Gasteiger partial charge in [0.2, 0.25) is 5.13 Å². The lowest BCUT2D eigenvalue weighted by atomic mass is 9.79. The van der Waals surface area contributed by atoms with Crippen LogP contribution in [0.25, 0.3) is 0 Å². The Morgan fingerprint density at radius 3 is 2.36 bits per heavy atom. The predicted molar refractivity (Wildman–Crippen MR) is 99.9 cm³/mol. The first-order valence-corrected chi connectivity index (χ1v) is 9.03. The maximum atomic E-state index is 12.7. The normalized spacial score (nSPS) is 12.6. The zero-order valence-electron chi connectivity index (χ0n) is 15.5. The molecule has 2 rings (SSSR count). The summed E-state index contributed by atoms with van der Waals surface area (Å²) in [6.07, 6.45) is 1.05. The van der Waals surface area contributed by atoms with Crippen LogP contribution in [0.3, 0.4) is 0 Å². The molecule has 0 saturated carbocycles. The van der Waals surface area contributed by atoms with E-state index < -0.39 is 0 Å². The van der Waals surface area contributed by atoms with Crippen LogP contribution >= 0.6 is 11.3 Å². The topological polar surface area (TPSA) is 73.3 Å². The Balaban J connectivity index is 2.26. The SMILES string of the molecule is CCC(C)C(C)(C)c1nnc(NC(=O)c2c(OC)cccc2OC)s1. The van der Waals surface area contributed by atoms with Gasteiger partial charge in [0.15, 0.2) is 0 Å². The molecule has 0 aliphatic carbocycles. The smallest absolute Gasteiger partial charge is 0.265 e. The molecule has 0 aliphatic rings. The molecule has 0 spiro atoms. The highest BCUT2D eigenvalue weighted by Crippen LogP contribution is 2.37. The van der Waals surface area contributed by atoms with Gasteiger partial charge in [0.1, 0.15) is 22.1 Å². The van der Waals surface area contributed by atoms with E-state index in [0.717, 1.165) is 11.4 Å². The lowest BCUT2D eigenvalue weighted by molar-refractivity contribution is 0.102. The standard InChI is InChI=1S/C18H25N3O3S/c1-7-11(2)18(3,4)16-20-21-17(25-16)19-15(22)14-12(23-5)9-8-10-13(14)24-6/h8-11H,7H2,1-6H3,(H,19,21,22). The van der Waals surface area contributed by atoms with Crippen LogP contribution in [-0.2, 0) is 5.41 Å². The van der Waals surface area contributed by atoms with Crippen LogP contribution in [0, 0.1) is 5.92 Å². The highest BCUT2D eigenvalue weighted by Gasteiger charge is 2.31. The zero-order chi connectivity index (χ0) is 18.6. The van der Waals surface area contributed by atoms with Crippen molar-refractivity contribution < 1.29 is 14.3 Å². The molecule has 6 nitrogen and oxygen atoms in total. The highest BCUT2D eigenvalue weighted by atomic mass is 32.1. The number of benzene rings is 1. The van der Waals surface area contributed by atoms with Crippen molar-refractivity contribution in [3.05, 3.63) is 28.8 Å². The third-order valence-electron chi connectivity index (χ3n) is 4.70. The fourth-order valence-electron chi connectivity index (χ4n) is 2.49. The molecular formula is C18H25N3O3S. The van der Waals surface area contributed by atoms with Crippen molar-refractivity contribution in [1.82, 2.24) is 10.2 Å². The molecule has 7 heteroatoms. The van der Waals surface area contributed by atoms with E-state index in [0.29, 0.717) is 28.1 Å². The molecule has 0 aliphatic heterocycles. The second-order valence-electron chi connectivity index (χ2n) is 6.44. The zero-order valence-corrected chi connectivity index (χ0v) is 16.4. The third kappa shape index (κ3) is 3.92. The van der Waals surface area contributed by atoms with Gasteiger partial charge in [-0.15, -0.1) is 10.2 Å². The second kappa shape index (κ2) is 7.82. The van der Waals surface area contributed by atoms with E-state index >= 15 is 0 Å². The summed E-state index contributed by atoms with van der Waals surface area (Å²) >= 11 is 1.40. The first-order valence-electron chi connectivity index (χ1n) is 8.21. The predicted octanol–water partition coefficient (Wildman–Crippen LogP) is 4.13. The van der Waals surface area contributed by atoms with Crippen LogP contribution in [0.15, 0.2) is 18.2 Å². The van der Waals surface area contributed by atoms with E-state index in [2.05, 4.69) is 43.2 Å². The summed E-state index contributed by atoms with van der Waals surface area (Å²) in [7, 11) is 3.03. The van der Waals surface area contributed by atoms with Gasteiger partial charge in [-0.2, -0.15) is 0 Å². The van der Waals surface area contributed by atoms with Crippen LogP contribution in [0.2, 0.25) is 0 Å². The van der Waals surface area contributed by atoms with E-state index in [1.807, 2.05) is 0 Å². The Morgan fingerprint density at radius 1 is 1.24 bits per heavy atom. The maximum absolute atomic E-state index is 12.7. The number of aromatic nitrogens is 2. The minimum atomic E-state index is -0.335. The van der Waals surface area contributed by atoms with Crippen molar-refractivity contribution in [3.8, 4) is 11.5 Å². The molecule has 0 bridgehead atoms. The van der Waals surface area contributed by atoms with Crippen molar-refractivity contribution >= 4 is 22.4 Å². The second-order valence-corrected chi connectivity index (χ2v) is 7.41. The fraction of sp³-hybridized carbons (Fsp3) is 0.500. The highest BCUT2D eigenvalue weighted by molar-refractivity contribution is 7.15. The number of nitrogens with zero attached hydrogens (tertiary/aromatic N) is 2. The van der Waals surface area contributed by atoms with Crippen molar-refractivity contribution in [2.24, 2.45) is 5.92 Å². The quantitative estimate of drug-likeness (QED) is 0.800. The van der Waals surface area contributed by atoms with Crippen LogP contribution in [-0.4, -0.2) is 30.3 Å². The number of carbonyl (C=O) groups is 1. The summed E-state index contributed by atoms with van der Waals surface area (Å²) < 4.78 is 10.6. The number of anilines is 1. The summed E-state index contributed by atoms with van der Waals surface area (Å²) in [5, 5.41) is 12.6. The van der Waals surface area contributed by atoms with Crippen LogP contribution in [0.5, 0.6) is 11.5 Å². The lowest BCUT2D eigenvalue weighted by Gasteiger charge is -2.28. The van der Waals surface area contributed by atoms with Crippen LogP contribution < -0.4 is 14.8 Å². The molecule has 1 atom stereocenters. The number of nitrogens with one attached hydrogen (secondary N) is 1. The molecule has 136 valence electrons. The largest absolute Gasteiger partial charge is 0.496 e. The number of hydrogen-bond acceptors (Lipinski definition) is 6. The first-order chi connectivity index (χ1) is 11.8. The molecule has 0 radical (unpaired) electrons. The minimum Gasteiger partial charge on any atom is -0.496 e. The summed E-state index contributed by atoms with van der Waals surface area (Å²) in [4.78, 5) is 12.7. The number of carbonyl (C=O) groups excluding carboxylic acids is 1. The Bertz CT molecular complexity index is 721. The van der Waals surface area contributed by atoms with Gasteiger partial charge in [0, 0.05) is 5.41 Å². The van der Waals surface area contributed by atoms with Crippen LogP contribution in [0.1, 0.15) is 49.5 Å². The van der Waals surface area contributed by atoms with Crippen molar-refractivity contribution in [3.63, 3.8) is 0 Å². The Hall–Kier alpha value is -2.15. The van der Waals surface area contributed by atoms with E-state index in [1.54, 1.807) is 18.2 Å².